The second-order valence-electron chi connectivity index (χ2n) is 6.34. The summed E-state index contributed by atoms with van der Waals surface area (Å²) in [5.74, 6) is -0.515. The lowest BCUT2D eigenvalue weighted by Gasteiger charge is -2.21. The van der Waals surface area contributed by atoms with Crippen LogP contribution in [0.3, 0.4) is 0 Å². The fourth-order valence-corrected chi connectivity index (χ4v) is 2.59. The van der Waals surface area contributed by atoms with Gasteiger partial charge in [0.1, 0.15) is 0 Å². The molecule has 4 heteroatoms. The SMILES string of the molecule is CC(C)(CC(=O)O)CC(=O)NC1CC1c1ccccc1. The van der Waals surface area contributed by atoms with E-state index in [1.54, 1.807) is 0 Å². The van der Waals surface area contributed by atoms with Gasteiger partial charge >= 0.3 is 5.97 Å². The molecule has 0 saturated heterocycles. The molecule has 0 radical (unpaired) electrons. The number of carbonyl (C=O) groups is 2. The van der Waals surface area contributed by atoms with Crippen LogP contribution in [-0.4, -0.2) is 23.0 Å². The Morgan fingerprint density at radius 3 is 2.50 bits per heavy atom. The molecule has 1 aliphatic carbocycles. The molecule has 20 heavy (non-hydrogen) atoms. The molecule has 4 nitrogen and oxygen atoms in total. The van der Waals surface area contributed by atoms with Crippen LogP contribution in [0.1, 0.15) is 44.6 Å². The maximum absolute atomic E-state index is 12.0. The van der Waals surface area contributed by atoms with E-state index in [9.17, 15) is 9.59 Å². The number of hydrogen-bond acceptors (Lipinski definition) is 2. The van der Waals surface area contributed by atoms with Crippen LogP contribution in [-0.2, 0) is 9.59 Å². The van der Waals surface area contributed by atoms with E-state index < -0.39 is 11.4 Å². The van der Waals surface area contributed by atoms with Gasteiger partial charge in [0.2, 0.25) is 5.91 Å². The second kappa shape index (κ2) is 5.65. The van der Waals surface area contributed by atoms with Crippen LogP contribution in [0.25, 0.3) is 0 Å². The molecule has 0 bridgehead atoms. The Labute approximate surface area is 119 Å². The fraction of sp³-hybridized carbons (Fsp3) is 0.500. The molecule has 108 valence electrons. The molecule has 0 spiro atoms. The highest BCUT2D eigenvalue weighted by molar-refractivity contribution is 5.78. The van der Waals surface area contributed by atoms with E-state index in [4.69, 9.17) is 5.11 Å². The summed E-state index contributed by atoms with van der Waals surface area (Å²) in [6.07, 6.45) is 1.22. The summed E-state index contributed by atoms with van der Waals surface area (Å²) in [5, 5.41) is 11.8. The smallest absolute Gasteiger partial charge is 0.303 e. The van der Waals surface area contributed by atoms with Crippen molar-refractivity contribution in [3.63, 3.8) is 0 Å². The lowest BCUT2D eigenvalue weighted by atomic mass is 9.85. The summed E-state index contributed by atoms with van der Waals surface area (Å²) in [6.45, 7) is 3.62. The van der Waals surface area contributed by atoms with Gasteiger partial charge in [-0.2, -0.15) is 0 Å². The predicted molar refractivity (Wildman–Crippen MR) is 76.4 cm³/mol. The van der Waals surface area contributed by atoms with E-state index in [-0.39, 0.29) is 24.8 Å². The summed E-state index contributed by atoms with van der Waals surface area (Å²) in [7, 11) is 0. The molecule has 2 N–H and O–H groups in total. The quantitative estimate of drug-likeness (QED) is 0.838. The number of carbonyl (C=O) groups excluding carboxylic acids is 1. The average Bonchev–Trinajstić information content (AvgIpc) is 3.06. The molecule has 1 fully saturated rings. The number of carboxylic acid groups (broad SMARTS) is 1. The maximum Gasteiger partial charge on any atom is 0.303 e. The lowest BCUT2D eigenvalue weighted by molar-refractivity contribution is -0.139. The number of carboxylic acids is 1. The van der Waals surface area contributed by atoms with Crippen LogP contribution in [0.5, 0.6) is 0 Å². The number of nitrogens with one attached hydrogen (secondary N) is 1. The van der Waals surface area contributed by atoms with Crippen molar-refractivity contribution in [3.8, 4) is 0 Å². The minimum absolute atomic E-state index is 0.00714. The van der Waals surface area contributed by atoms with E-state index in [1.165, 1.54) is 5.56 Å². The Kier molecular flexibility index (Phi) is 4.12. The highest BCUT2D eigenvalue weighted by Gasteiger charge is 2.40. The topological polar surface area (TPSA) is 66.4 Å². The van der Waals surface area contributed by atoms with E-state index in [1.807, 2.05) is 32.0 Å². The van der Waals surface area contributed by atoms with Gasteiger partial charge in [-0.3, -0.25) is 9.59 Å². The largest absolute Gasteiger partial charge is 0.481 e. The van der Waals surface area contributed by atoms with Crippen LogP contribution in [0.4, 0.5) is 0 Å². The van der Waals surface area contributed by atoms with Crippen LogP contribution >= 0.6 is 0 Å². The zero-order chi connectivity index (χ0) is 14.8. The van der Waals surface area contributed by atoms with Crippen LogP contribution < -0.4 is 5.32 Å². The van der Waals surface area contributed by atoms with Crippen molar-refractivity contribution >= 4 is 11.9 Å². The first-order chi connectivity index (χ1) is 9.37. The normalized spacial score (nSPS) is 21.3. The fourth-order valence-electron chi connectivity index (χ4n) is 2.59. The van der Waals surface area contributed by atoms with Crippen molar-refractivity contribution in [2.75, 3.05) is 0 Å². The Balaban J connectivity index is 1.81. The highest BCUT2D eigenvalue weighted by Crippen LogP contribution is 2.40. The zero-order valence-corrected chi connectivity index (χ0v) is 11.9. The minimum Gasteiger partial charge on any atom is -0.481 e. The van der Waals surface area contributed by atoms with Crippen molar-refractivity contribution in [1.82, 2.24) is 5.32 Å². The standard InChI is InChI=1S/C16H21NO3/c1-16(2,10-15(19)20)9-14(18)17-13-8-12(13)11-6-4-3-5-7-11/h3-7,12-13H,8-10H2,1-2H3,(H,17,18)(H,19,20). The summed E-state index contributed by atoms with van der Waals surface area (Å²) in [5.41, 5.74) is 0.746. The van der Waals surface area contributed by atoms with E-state index in [0.29, 0.717) is 5.92 Å². The predicted octanol–water partition coefficient (Wildman–Crippen LogP) is 2.55. The molecule has 1 amide bonds. The Hall–Kier alpha value is -1.84. The lowest BCUT2D eigenvalue weighted by Crippen LogP contribution is -2.32. The van der Waals surface area contributed by atoms with Gasteiger partial charge in [-0.15, -0.1) is 0 Å². The number of aliphatic carboxylic acids is 1. The molecule has 1 aliphatic rings. The summed E-state index contributed by atoms with van der Waals surface area (Å²) < 4.78 is 0. The van der Waals surface area contributed by atoms with E-state index in [2.05, 4.69) is 17.4 Å². The van der Waals surface area contributed by atoms with Gasteiger partial charge in [0.05, 0.1) is 6.42 Å². The first-order valence-corrected chi connectivity index (χ1v) is 6.93. The van der Waals surface area contributed by atoms with Crippen molar-refractivity contribution in [3.05, 3.63) is 35.9 Å². The second-order valence-corrected chi connectivity index (χ2v) is 6.34. The maximum atomic E-state index is 12.0. The van der Waals surface area contributed by atoms with Crippen molar-refractivity contribution in [2.24, 2.45) is 5.41 Å². The minimum atomic E-state index is -0.864. The van der Waals surface area contributed by atoms with Crippen LogP contribution in [0, 0.1) is 5.41 Å². The van der Waals surface area contributed by atoms with Crippen molar-refractivity contribution in [1.29, 1.82) is 0 Å². The third-order valence-electron chi connectivity index (χ3n) is 3.63. The molecule has 0 aliphatic heterocycles. The summed E-state index contributed by atoms with van der Waals surface area (Å²) in [4.78, 5) is 22.7. The molecule has 1 saturated carbocycles. The van der Waals surface area contributed by atoms with Gasteiger partial charge in [-0.05, 0) is 17.4 Å². The van der Waals surface area contributed by atoms with Crippen LogP contribution in [0.2, 0.25) is 0 Å². The Morgan fingerprint density at radius 2 is 1.90 bits per heavy atom. The number of benzene rings is 1. The Morgan fingerprint density at radius 1 is 1.25 bits per heavy atom. The van der Waals surface area contributed by atoms with Gasteiger partial charge in [0, 0.05) is 18.4 Å². The van der Waals surface area contributed by atoms with Gasteiger partial charge in [0.25, 0.3) is 0 Å². The molecule has 2 unspecified atom stereocenters. The van der Waals surface area contributed by atoms with Crippen molar-refractivity contribution in [2.45, 2.75) is 45.1 Å². The molecule has 1 aromatic rings. The molecule has 0 heterocycles. The third kappa shape index (κ3) is 4.08. The van der Waals surface area contributed by atoms with E-state index in [0.717, 1.165) is 6.42 Å². The monoisotopic (exact) mass is 275 g/mol. The molecule has 2 atom stereocenters. The highest BCUT2D eigenvalue weighted by atomic mass is 16.4. The molecule has 2 rings (SSSR count). The average molecular weight is 275 g/mol. The third-order valence-corrected chi connectivity index (χ3v) is 3.63. The molecular formula is C16H21NO3. The first kappa shape index (κ1) is 14.6. The molecule has 1 aromatic carbocycles. The molecular weight excluding hydrogens is 254 g/mol. The number of rotatable bonds is 6. The van der Waals surface area contributed by atoms with Crippen molar-refractivity contribution < 1.29 is 14.7 Å². The molecule has 0 aromatic heterocycles. The van der Waals surface area contributed by atoms with Gasteiger partial charge < -0.3 is 10.4 Å². The van der Waals surface area contributed by atoms with Gasteiger partial charge in [-0.25, -0.2) is 0 Å². The zero-order valence-electron chi connectivity index (χ0n) is 11.9. The summed E-state index contributed by atoms with van der Waals surface area (Å²) >= 11 is 0. The summed E-state index contributed by atoms with van der Waals surface area (Å²) in [6, 6.07) is 10.3. The first-order valence-electron chi connectivity index (χ1n) is 6.93. The van der Waals surface area contributed by atoms with Crippen LogP contribution in [0.15, 0.2) is 30.3 Å². The van der Waals surface area contributed by atoms with Gasteiger partial charge in [0.15, 0.2) is 0 Å². The number of hydrogen-bond donors (Lipinski definition) is 2. The number of amides is 1. The van der Waals surface area contributed by atoms with Gasteiger partial charge in [-0.1, -0.05) is 44.2 Å². The Bertz CT molecular complexity index is 496. The van der Waals surface area contributed by atoms with E-state index >= 15 is 0 Å².